The van der Waals surface area contributed by atoms with Gasteiger partial charge in [0, 0.05) is 8.04 Å². The van der Waals surface area contributed by atoms with Crippen LogP contribution in [0.15, 0.2) is 22.7 Å². The van der Waals surface area contributed by atoms with E-state index in [0.717, 1.165) is 26.4 Å². The zero-order valence-electron chi connectivity index (χ0n) is 8.84. The average molecular weight is 383 g/mol. The number of aliphatic hydroxyl groups excluding tert-OH is 1. The largest absolute Gasteiger partial charge is 0.388 e. The molecule has 0 aliphatic heterocycles. The fraction of sp³-hybridized carbons (Fsp3) is 0.500. The summed E-state index contributed by atoms with van der Waals surface area (Å²) in [6, 6.07) is 6.05. The number of hydrogen-bond acceptors (Lipinski definition) is 1. The van der Waals surface area contributed by atoms with Crippen LogP contribution in [0.1, 0.15) is 44.3 Å². The number of rotatable bonds is 5. The van der Waals surface area contributed by atoms with Gasteiger partial charge in [0.2, 0.25) is 0 Å². The molecule has 84 valence electrons. The third kappa shape index (κ3) is 4.41. The molecule has 1 nitrogen and oxygen atoms in total. The van der Waals surface area contributed by atoms with E-state index in [1.807, 2.05) is 18.2 Å². The van der Waals surface area contributed by atoms with E-state index in [4.69, 9.17) is 0 Å². The fourth-order valence-electron chi connectivity index (χ4n) is 1.51. The second kappa shape index (κ2) is 6.86. The molecule has 1 N–H and O–H groups in total. The third-order valence-electron chi connectivity index (χ3n) is 2.40. The molecule has 0 aromatic heterocycles. The van der Waals surface area contributed by atoms with Crippen LogP contribution in [0.2, 0.25) is 0 Å². The topological polar surface area (TPSA) is 20.2 Å². The molecule has 3 heteroatoms. The molecular weight excluding hydrogens is 367 g/mol. The fourth-order valence-corrected chi connectivity index (χ4v) is 2.59. The van der Waals surface area contributed by atoms with Crippen molar-refractivity contribution < 1.29 is 5.11 Å². The second-order valence-electron chi connectivity index (χ2n) is 3.68. The Bertz CT molecular complexity index is 314. The van der Waals surface area contributed by atoms with Gasteiger partial charge in [-0.05, 0) is 52.8 Å². The molecule has 0 aliphatic carbocycles. The van der Waals surface area contributed by atoms with Crippen molar-refractivity contribution >= 4 is 38.5 Å². The van der Waals surface area contributed by atoms with Gasteiger partial charge in [-0.15, -0.1) is 0 Å². The lowest BCUT2D eigenvalue weighted by atomic mass is 10.0. The van der Waals surface area contributed by atoms with Gasteiger partial charge in [-0.1, -0.05) is 42.1 Å². The van der Waals surface area contributed by atoms with Gasteiger partial charge in [0.25, 0.3) is 0 Å². The van der Waals surface area contributed by atoms with Crippen LogP contribution in [0, 0.1) is 3.57 Å². The number of hydrogen-bond donors (Lipinski definition) is 1. The Labute approximate surface area is 114 Å². The summed E-state index contributed by atoms with van der Waals surface area (Å²) in [6.45, 7) is 2.18. The van der Waals surface area contributed by atoms with Gasteiger partial charge < -0.3 is 5.11 Å². The predicted octanol–water partition coefficient (Wildman–Crippen LogP) is 4.67. The Morgan fingerprint density at radius 3 is 2.80 bits per heavy atom. The van der Waals surface area contributed by atoms with Gasteiger partial charge in [0.1, 0.15) is 0 Å². The van der Waals surface area contributed by atoms with Crippen molar-refractivity contribution in [2.24, 2.45) is 0 Å². The Kier molecular flexibility index (Phi) is 6.16. The van der Waals surface area contributed by atoms with Gasteiger partial charge >= 0.3 is 0 Å². The lowest BCUT2D eigenvalue weighted by Gasteiger charge is -2.13. The molecule has 0 fully saturated rings. The first-order chi connectivity index (χ1) is 7.15. The van der Waals surface area contributed by atoms with Crippen LogP contribution in [0.3, 0.4) is 0 Å². The summed E-state index contributed by atoms with van der Waals surface area (Å²) >= 11 is 5.70. The summed E-state index contributed by atoms with van der Waals surface area (Å²) in [5, 5.41) is 10.0. The molecule has 0 spiro atoms. The van der Waals surface area contributed by atoms with Gasteiger partial charge in [-0.2, -0.15) is 0 Å². The van der Waals surface area contributed by atoms with Gasteiger partial charge in [0.05, 0.1) is 6.10 Å². The SMILES string of the molecule is CCCCCC(O)c1cc(Br)ccc1I. The summed E-state index contributed by atoms with van der Waals surface area (Å²) in [6.07, 6.45) is 4.03. The molecule has 0 heterocycles. The third-order valence-corrected chi connectivity index (χ3v) is 3.87. The molecule has 1 rings (SSSR count). The van der Waals surface area contributed by atoms with E-state index in [-0.39, 0.29) is 6.10 Å². The van der Waals surface area contributed by atoms with Crippen molar-refractivity contribution in [3.8, 4) is 0 Å². The maximum Gasteiger partial charge on any atom is 0.0800 e. The van der Waals surface area contributed by atoms with E-state index < -0.39 is 0 Å². The van der Waals surface area contributed by atoms with E-state index in [1.165, 1.54) is 12.8 Å². The minimum absolute atomic E-state index is 0.319. The summed E-state index contributed by atoms with van der Waals surface area (Å²) < 4.78 is 2.17. The molecule has 0 saturated heterocycles. The summed E-state index contributed by atoms with van der Waals surface area (Å²) in [5.41, 5.74) is 1.04. The van der Waals surface area contributed by atoms with Gasteiger partial charge in [0.15, 0.2) is 0 Å². The maximum absolute atomic E-state index is 10.0. The van der Waals surface area contributed by atoms with Gasteiger partial charge in [-0.25, -0.2) is 0 Å². The van der Waals surface area contributed by atoms with Crippen LogP contribution >= 0.6 is 38.5 Å². The molecule has 1 unspecified atom stereocenters. The van der Waals surface area contributed by atoms with Crippen molar-refractivity contribution in [3.05, 3.63) is 31.8 Å². The van der Waals surface area contributed by atoms with E-state index >= 15 is 0 Å². The van der Waals surface area contributed by atoms with E-state index in [1.54, 1.807) is 0 Å². The molecule has 0 bridgehead atoms. The highest BCUT2D eigenvalue weighted by molar-refractivity contribution is 14.1. The predicted molar refractivity (Wildman–Crippen MR) is 76.0 cm³/mol. The monoisotopic (exact) mass is 382 g/mol. The molecule has 15 heavy (non-hydrogen) atoms. The number of unbranched alkanes of at least 4 members (excludes halogenated alkanes) is 2. The molecule has 1 atom stereocenters. The first kappa shape index (κ1) is 13.5. The van der Waals surface area contributed by atoms with E-state index in [2.05, 4.69) is 45.4 Å². The molecule has 0 amide bonds. The average Bonchev–Trinajstić information content (AvgIpc) is 2.22. The first-order valence-electron chi connectivity index (χ1n) is 5.28. The zero-order chi connectivity index (χ0) is 11.3. The van der Waals surface area contributed by atoms with Gasteiger partial charge in [-0.3, -0.25) is 0 Å². The van der Waals surface area contributed by atoms with Crippen molar-refractivity contribution in [1.29, 1.82) is 0 Å². The standard InChI is InChI=1S/C12H16BrIO/c1-2-3-4-5-12(15)10-8-9(13)6-7-11(10)14/h6-8,12,15H,2-5H2,1H3. The lowest BCUT2D eigenvalue weighted by Crippen LogP contribution is -2.00. The van der Waals surface area contributed by atoms with Crippen molar-refractivity contribution in [3.63, 3.8) is 0 Å². The number of halogens is 2. The molecule has 0 radical (unpaired) electrons. The zero-order valence-corrected chi connectivity index (χ0v) is 12.6. The minimum Gasteiger partial charge on any atom is -0.388 e. The van der Waals surface area contributed by atoms with Crippen molar-refractivity contribution in [1.82, 2.24) is 0 Å². The van der Waals surface area contributed by atoms with Crippen LogP contribution in [0.4, 0.5) is 0 Å². The molecule has 1 aromatic carbocycles. The molecule has 0 saturated carbocycles. The van der Waals surface area contributed by atoms with Crippen LogP contribution in [0.25, 0.3) is 0 Å². The second-order valence-corrected chi connectivity index (χ2v) is 5.76. The van der Waals surface area contributed by atoms with E-state index in [0.29, 0.717) is 0 Å². The highest BCUT2D eigenvalue weighted by atomic mass is 127. The van der Waals surface area contributed by atoms with Crippen molar-refractivity contribution in [2.75, 3.05) is 0 Å². The highest BCUT2D eigenvalue weighted by Crippen LogP contribution is 2.27. The number of benzene rings is 1. The molecular formula is C12H16BrIO. The summed E-state index contributed by atoms with van der Waals surface area (Å²) in [4.78, 5) is 0. The normalized spacial score (nSPS) is 12.8. The molecule has 0 aliphatic rings. The maximum atomic E-state index is 10.0. The smallest absolute Gasteiger partial charge is 0.0800 e. The summed E-state index contributed by atoms with van der Waals surface area (Å²) in [5.74, 6) is 0. The first-order valence-corrected chi connectivity index (χ1v) is 7.15. The van der Waals surface area contributed by atoms with Crippen LogP contribution in [0.5, 0.6) is 0 Å². The Morgan fingerprint density at radius 1 is 1.40 bits per heavy atom. The van der Waals surface area contributed by atoms with Crippen LogP contribution < -0.4 is 0 Å². The summed E-state index contributed by atoms with van der Waals surface area (Å²) in [7, 11) is 0. The Balaban J connectivity index is 2.64. The minimum atomic E-state index is -0.319. The van der Waals surface area contributed by atoms with Crippen molar-refractivity contribution in [2.45, 2.75) is 38.7 Å². The number of aliphatic hydroxyl groups is 1. The van der Waals surface area contributed by atoms with E-state index in [9.17, 15) is 5.11 Å². The van der Waals surface area contributed by atoms with Crippen LogP contribution in [-0.4, -0.2) is 5.11 Å². The molecule has 1 aromatic rings. The Hall–Kier alpha value is 0.390. The quantitative estimate of drug-likeness (QED) is 0.579. The van der Waals surface area contributed by atoms with Crippen LogP contribution in [-0.2, 0) is 0 Å². The highest BCUT2D eigenvalue weighted by Gasteiger charge is 2.10. The lowest BCUT2D eigenvalue weighted by molar-refractivity contribution is 0.162. The Morgan fingerprint density at radius 2 is 2.13 bits per heavy atom.